The van der Waals surface area contributed by atoms with Crippen LogP contribution in [0.25, 0.3) is 0 Å². The van der Waals surface area contributed by atoms with Crippen molar-refractivity contribution in [2.24, 2.45) is 0 Å². The molecule has 1 aromatic carbocycles. The van der Waals surface area contributed by atoms with Crippen LogP contribution in [0.3, 0.4) is 0 Å². The molecule has 98 valence electrons. The van der Waals surface area contributed by atoms with Crippen LogP contribution in [0.5, 0.6) is 0 Å². The van der Waals surface area contributed by atoms with E-state index >= 15 is 0 Å². The van der Waals surface area contributed by atoms with E-state index in [2.05, 4.69) is 15.5 Å². The van der Waals surface area contributed by atoms with Crippen LogP contribution in [0, 0.1) is 13.8 Å². The summed E-state index contributed by atoms with van der Waals surface area (Å²) in [6.45, 7) is 3.49. The molecule has 1 unspecified atom stereocenters. The number of H-pyrrole nitrogens is 2. The summed E-state index contributed by atoms with van der Waals surface area (Å²) in [5.74, 6) is -0.610. The van der Waals surface area contributed by atoms with E-state index in [9.17, 15) is 14.7 Å². The maximum absolute atomic E-state index is 12.1. The third kappa shape index (κ3) is 1.40. The standard InChI is InChI=1S/C13H13N3O3/c1-6-3-4-9-8(5-6)13(19,12(18)14-9)10-7(2)15-16-11(10)17/h3-5,19H,1-2H3,(H,14,18)(H2,15,16,17). The molecule has 1 aliphatic heterocycles. The van der Waals surface area contributed by atoms with E-state index in [1.165, 1.54) is 0 Å². The Labute approximate surface area is 108 Å². The highest BCUT2D eigenvalue weighted by molar-refractivity contribution is 6.07. The second kappa shape index (κ2) is 3.58. The van der Waals surface area contributed by atoms with Crippen LogP contribution in [0.4, 0.5) is 5.69 Å². The van der Waals surface area contributed by atoms with Gasteiger partial charge in [0.2, 0.25) is 5.60 Å². The smallest absolute Gasteiger partial charge is 0.271 e. The molecule has 0 fully saturated rings. The molecule has 1 amide bonds. The average Bonchev–Trinajstić information content (AvgIpc) is 2.81. The molecule has 6 nitrogen and oxygen atoms in total. The predicted molar refractivity (Wildman–Crippen MR) is 69.0 cm³/mol. The molecule has 6 heteroatoms. The lowest BCUT2D eigenvalue weighted by atomic mass is 9.87. The van der Waals surface area contributed by atoms with E-state index in [-0.39, 0.29) is 5.56 Å². The molecule has 1 atom stereocenters. The summed E-state index contributed by atoms with van der Waals surface area (Å²) in [5, 5.41) is 18.4. The number of carbonyl (C=O) groups excluding carboxylic acids is 1. The largest absolute Gasteiger partial charge is 0.371 e. The number of hydrogen-bond donors (Lipinski definition) is 4. The molecule has 19 heavy (non-hydrogen) atoms. The minimum atomic E-state index is -1.95. The molecule has 0 aliphatic carbocycles. The summed E-state index contributed by atoms with van der Waals surface area (Å²) < 4.78 is 0. The number of aliphatic hydroxyl groups is 1. The number of carbonyl (C=O) groups is 1. The zero-order chi connectivity index (χ0) is 13.8. The van der Waals surface area contributed by atoms with Gasteiger partial charge in [-0.3, -0.25) is 14.7 Å². The molecule has 2 heterocycles. The maximum Gasteiger partial charge on any atom is 0.271 e. The van der Waals surface area contributed by atoms with Gasteiger partial charge in [0.05, 0.1) is 5.56 Å². The Hall–Kier alpha value is -2.34. The van der Waals surface area contributed by atoms with Crippen LogP contribution in [0.1, 0.15) is 22.4 Å². The summed E-state index contributed by atoms with van der Waals surface area (Å²) >= 11 is 0. The minimum Gasteiger partial charge on any atom is -0.371 e. The summed E-state index contributed by atoms with van der Waals surface area (Å²) in [6.07, 6.45) is 0. The number of anilines is 1. The average molecular weight is 259 g/mol. The quantitative estimate of drug-likeness (QED) is 0.600. The fourth-order valence-electron chi connectivity index (χ4n) is 2.53. The Morgan fingerprint density at radius 2 is 1.89 bits per heavy atom. The minimum absolute atomic E-state index is 0.0364. The molecule has 0 saturated heterocycles. The number of aryl methyl sites for hydroxylation is 2. The van der Waals surface area contributed by atoms with Gasteiger partial charge in [-0.1, -0.05) is 17.7 Å². The Morgan fingerprint density at radius 3 is 2.53 bits per heavy atom. The molecule has 0 bridgehead atoms. The number of benzene rings is 1. The molecule has 0 spiro atoms. The van der Waals surface area contributed by atoms with Crippen LogP contribution in [0.2, 0.25) is 0 Å². The zero-order valence-corrected chi connectivity index (χ0v) is 10.5. The van der Waals surface area contributed by atoms with Crippen molar-refractivity contribution < 1.29 is 9.90 Å². The number of amides is 1. The Balaban J connectivity index is 2.34. The lowest BCUT2D eigenvalue weighted by molar-refractivity contribution is -0.129. The lowest BCUT2D eigenvalue weighted by Gasteiger charge is -2.19. The summed E-state index contributed by atoms with van der Waals surface area (Å²) in [6, 6.07) is 5.26. The van der Waals surface area contributed by atoms with E-state index in [4.69, 9.17) is 0 Å². The van der Waals surface area contributed by atoms with Crippen molar-refractivity contribution in [3.63, 3.8) is 0 Å². The van der Waals surface area contributed by atoms with Crippen LogP contribution < -0.4 is 10.9 Å². The SMILES string of the molecule is Cc1ccc2c(c1)C(O)(c1c(C)[nH][nH]c1=O)C(=O)N2. The molecule has 1 aromatic heterocycles. The van der Waals surface area contributed by atoms with Gasteiger partial charge in [-0.15, -0.1) is 0 Å². The number of aromatic nitrogens is 2. The second-order valence-electron chi connectivity index (χ2n) is 4.79. The van der Waals surface area contributed by atoms with Gasteiger partial charge in [-0.05, 0) is 19.9 Å². The predicted octanol–water partition coefficient (Wildman–Crippen LogP) is 0.508. The van der Waals surface area contributed by atoms with Gasteiger partial charge < -0.3 is 15.5 Å². The monoisotopic (exact) mass is 259 g/mol. The van der Waals surface area contributed by atoms with E-state index in [1.807, 2.05) is 13.0 Å². The van der Waals surface area contributed by atoms with Crippen molar-refractivity contribution in [3.05, 3.63) is 50.9 Å². The Morgan fingerprint density at radius 1 is 1.16 bits per heavy atom. The highest BCUT2D eigenvalue weighted by Gasteiger charge is 2.49. The van der Waals surface area contributed by atoms with Crippen molar-refractivity contribution in [1.29, 1.82) is 0 Å². The van der Waals surface area contributed by atoms with Crippen LogP contribution >= 0.6 is 0 Å². The van der Waals surface area contributed by atoms with Crippen molar-refractivity contribution in [2.75, 3.05) is 5.32 Å². The first-order chi connectivity index (χ1) is 8.94. The van der Waals surface area contributed by atoms with Gasteiger partial charge in [0.25, 0.3) is 11.5 Å². The molecule has 1 aliphatic rings. The van der Waals surface area contributed by atoms with Gasteiger partial charge in [-0.25, -0.2) is 0 Å². The number of fused-ring (bicyclic) bond motifs is 1. The molecule has 3 rings (SSSR count). The van der Waals surface area contributed by atoms with E-state index in [0.717, 1.165) is 5.56 Å². The number of aromatic amines is 2. The van der Waals surface area contributed by atoms with E-state index < -0.39 is 17.1 Å². The van der Waals surface area contributed by atoms with Crippen molar-refractivity contribution in [1.82, 2.24) is 10.2 Å². The first kappa shape index (κ1) is 11.7. The van der Waals surface area contributed by atoms with Gasteiger partial charge in [0.15, 0.2) is 0 Å². The third-order valence-corrected chi connectivity index (χ3v) is 3.47. The molecule has 0 saturated carbocycles. The third-order valence-electron chi connectivity index (χ3n) is 3.47. The highest BCUT2D eigenvalue weighted by atomic mass is 16.3. The first-order valence-corrected chi connectivity index (χ1v) is 5.87. The fraction of sp³-hybridized carbons (Fsp3) is 0.231. The molecule has 0 radical (unpaired) electrons. The van der Waals surface area contributed by atoms with E-state index in [0.29, 0.717) is 16.9 Å². The normalized spacial score (nSPS) is 21.3. The second-order valence-corrected chi connectivity index (χ2v) is 4.79. The molecule has 2 aromatic rings. The van der Waals surface area contributed by atoms with Crippen molar-refractivity contribution in [3.8, 4) is 0 Å². The lowest BCUT2D eigenvalue weighted by Crippen LogP contribution is -2.39. The fourth-order valence-corrected chi connectivity index (χ4v) is 2.53. The highest BCUT2D eigenvalue weighted by Crippen LogP contribution is 2.40. The van der Waals surface area contributed by atoms with Gasteiger partial charge >= 0.3 is 0 Å². The van der Waals surface area contributed by atoms with Crippen LogP contribution in [-0.2, 0) is 10.4 Å². The van der Waals surface area contributed by atoms with E-state index in [1.54, 1.807) is 19.1 Å². The van der Waals surface area contributed by atoms with Crippen molar-refractivity contribution >= 4 is 11.6 Å². The first-order valence-electron chi connectivity index (χ1n) is 5.87. The Kier molecular flexibility index (Phi) is 2.21. The molecule has 4 N–H and O–H groups in total. The maximum atomic E-state index is 12.1. The zero-order valence-electron chi connectivity index (χ0n) is 10.5. The topological polar surface area (TPSA) is 98.0 Å². The van der Waals surface area contributed by atoms with Gasteiger partial charge in [0.1, 0.15) is 0 Å². The number of rotatable bonds is 1. The van der Waals surface area contributed by atoms with Gasteiger partial charge in [0, 0.05) is 16.9 Å². The molecular formula is C13H13N3O3. The number of hydrogen-bond acceptors (Lipinski definition) is 3. The van der Waals surface area contributed by atoms with Gasteiger partial charge in [-0.2, -0.15) is 0 Å². The van der Waals surface area contributed by atoms with Crippen LogP contribution in [0.15, 0.2) is 23.0 Å². The number of nitrogens with one attached hydrogen (secondary N) is 3. The summed E-state index contributed by atoms with van der Waals surface area (Å²) in [5.41, 5.74) is -0.128. The van der Waals surface area contributed by atoms with Crippen molar-refractivity contribution in [2.45, 2.75) is 19.4 Å². The Bertz CT molecular complexity index is 744. The van der Waals surface area contributed by atoms with Crippen LogP contribution in [-0.4, -0.2) is 21.2 Å². The summed E-state index contributed by atoms with van der Waals surface area (Å²) in [4.78, 5) is 24.0. The summed E-state index contributed by atoms with van der Waals surface area (Å²) in [7, 11) is 0. The molecular weight excluding hydrogens is 246 g/mol.